The zero-order chi connectivity index (χ0) is 9.47. The molecule has 0 unspecified atom stereocenters. The van der Waals surface area contributed by atoms with E-state index in [4.69, 9.17) is 0 Å². The van der Waals surface area contributed by atoms with Gasteiger partial charge in [-0.25, -0.2) is 0 Å². The number of rotatable bonds is 3. The summed E-state index contributed by atoms with van der Waals surface area (Å²) in [5.74, 6) is 0. The van der Waals surface area contributed by atoms with Crippen LogP contribution < -0.4 is 0 Å². The third-order valence-electron chi connectivity index (χ3n) is 2.32. The van der Waals surface area contributed by atoms with Gasteiger partial charge in [-0.15, -0.1) is 0 Å². The number of aliphatic hydroxyl groups is 1. The zero-order valence-corrected chi connectivity index (χ0v) is 10.2. The van der Waals surface area contributed by atoms with Crippen molar-refractivity contribution in [3.05, 3.63) is 15.3 Å². The maximum atomic E-state index is 9.62. The number of hydrogen-bond donors (Lipinski definition) is 1. The summed E-state index contributed by atoms with van der Waals surface area (Å²) in [5.41, 5.74) is -0.391. The van der Waals surface area contributed by atoms with Crippen LogP contribution in [-0.2, 0) is 6.54 Å². The molecule has 1 fully saturated rings. The van der Waals surface area contributed by atoms with E-state index in [0.717, 1.165) is 35.0 Å². The van der Waals surface area contributed by atoms with Gasteiger partial charge in [0.05, 0.1) is 5.60 Å². The Hall–Kier alpha value is 0.130. The van der Waals surface area contributed by atoms with Crippen LogP contribution in [0.15, 0.2) is 15.3 Å². The van der Waals surface area contributed by atoms with Crippen molar-refractivity contribution < 1.29 is 5.11 Å². The number of hydrogen-bond acceptors (Lipinski definition) is 2. The number of halogens is 2. The monoisotopic (exact) mass is 308 g/mol. The average Bonchev–Trinajstić information content (AvgIpc) is 2.69. The van der Waals surface area contributed by atoms with E-state index in [2.05, 4.69) is 37.0 Å². The van der Waals surface area contributed by atoms with Gasteiger partial charge in [-0.3, -0.25) is 4.68 Å². The molecular weight excluding hydrogens is 300 g/mol. The zero-order valence-electron chi connectivity index (χ0n) is 7.00. The third-order valence-corrected chi connectivity index (χ3v) is 3.34. The summed E-state index contributed by atoms with van der Waals surface area (Å²) in [7, 11) is 0. The van der Waals surface area contributed by atoms with Crippen LogP contribution in [0, 0.1) is 0 Å². The Morgan fingerprint density at radius 3 is 2.69 bits per heavy atom. The molecule has 1 N–H and O–H groups in total. The van der Waals surface area contributed by atoms with Gasteiger partial charge in [-0.2, -0.15) is 5.10 Å². The summed E-state index contributed by atoms with van der Waals surface area (Å²) in [6.07, 6.45) is 2.67. The molecule has 2 rings (SSSR count). The topological polar surface area (TPSA) is 38.0 Å². The van der Waals surface area contributed by atoms with Crippen molar-refractivity contribution >= 4 is 31.9 Å². The summed E-state index contributed by atoms with van der Waals surface area (Å²) in [4.78, 5) is 0. The van der Waals surface area contributed by atoms with Crippen LogP contribution in [0.3, 0.4) is 0 Å². The van der Waals surface area contributed by atoms with Gasteiger partial charge in [0.2, 0.25) is 0 Å². The van der Waals surface area contributed by atoms with Crippen LogP contribution >= 0.6 is 31.9 Å². The standard InChI is InChI=1S/C8H10Br2N2O/c9-6-5-7(10)12(11-6)4-3-8(13)1-2-8/h5,13H,1-4H2. The van der Waals surface area contributed by atoms with E-state index in [1.165, 1.54) is 0 Å². The largest absolute Gasteiger partial charge is 0.390 e. The minimum absolute atomic E-state index is 0.391. The van der Waals surface area contributed by atoms with Gasteiger partial charge in [-0.1, -0.05) is 0 Å². The van der Waals surface area contributed by atoms with Gasteiger partial charge in [0, 0.05) is 12.6 Å². The minimum atomic E-state index is -0.391. The fourth-order valence-corrected chi connectivity index (χ4v) is 2.42. The Kier molecular flexibility index (Phi) is 2.51. The van der Waals surface area contributed by atoms with E-state index < -0.39 is 5.60 Å². The first-order chi connectivity index (χ1) is 6.09. The number of nitrogens with zero attached hydrogens (tertiary/aromatic N) is 2. The summed E-state index contributed by atoms with van der Waals surface area (Å²) in [6, 6.07) is 1.90. The molecule has 0 radical (unpaired) electrons. The lowest BCUT2D eigenvalue weighted by molar-refractivity contribution is 0.132. The van der Waals surface area contributed by atoms with E-state index in [9.17, 15) is 5.11 Å². The second kappa shape index (κ2) is 3.37. The number of aromatic nitrogens is 2. The molecule has 72 valence electrons. The lowest BCUT2D eigenvalue weighted by atomic mass is 10.2. The molecule has 1 aliphatic rings. The molecule has 0 atom stereocenters. The fourth-order valence-electron chi connectivity index (χ4n) is 1.23. The van der Waals surface area contributed by atoms with E-state index in [-0.39, 0.29) is 0 Å². The van der Waals surface area contributed by atoms with Crippen LogP contribution in [0.25, 0.3) is 0 Å². The SMILES string of the molecule is OC1(CCn2nc(Br)cc2Br)CC1. The Bertz CT molecular complexity index is 320. The van der Waals surface area contributed by atoms with E-state index >= 15 is 0 Å². The second-order valence-electron chi connectivity index (χ2n) is 3.49. The normalized spacial score (nSPS) is 19.0. The van der Waals surface area contributed by atoms with Crippen molar-refractivity contribution in [1.29, 1.82) is 0 Å². The molecule has 0 bridgehead atoms. The van der Waals surface area contributed by atoms with Crippen molar-refractivity contribution in [2.24, 2.45) is 0 Å². The third kappa shape index (κ3) is 2.33. The fraction of sp³-hybridized carbons (Fsp3) is 0.625. The molecule has 0 saturated heterocycles. The Morgan fingerprint density at radius 1 is 1.54 bits per heavy atom. The van der Waals surface area contributed by atoms with Crippen LogP contribution in [0.2, 0.25) is 0 Å². The van der Waals surface area contributed by atoms with E-state index in [1.807, 2.05) is 10.7 Å². The van der Waals surface area contributed by atoms with Crippen LogP contribution in [0.4, 0.5) is 0 Å². The van der Waals surface area contributed by atoms with E-state index in [1.54, 1.807) is 0 Å². The van der Waals surface area contributed by atoms with Crippen molar-refractivity contribution in [3.63, 3.8) is 0 Å². The second-order valence-corrected chi connectivity index (χ2v) is 5.11. The molecule has 0 spiro atoms. The summed E-state index contributed by atoms with van der Waals surface area (Å²) >= 11 is 6.69. The Balaban J connectivity index is 1.97. The van der Waals surface area contributed by atoms with Gasteiger partial charge in [0.15, 0.2) is 0 Å². The Labute approximate surface area is 93.4 Å². The van der Waals surface area contributed by atoms with Crippen molar-refractivity contribution in [1.82, 2.24) is 9.78 Å². The van der Waals surface area contributed by atoms with Crippen molar-refractivity contribution in [2.45, 2.75) is 31.4 Å². The maximum Gasteiger partial charge on any atom is 0.129 e. The number of aryl methyl sites for hydroxylation is 1. The molecule has 3 nitrogen and oxygen atoms in total. The van der Waals surface area contributed by atoms with Gasteiger partial charge >= 0.3 is 0 Å². The summed E-state index contributed by atoms with van der Waals surface area (Å²) < 4.78 is 3.62. The molecule has 0 aromatic carbocycles. The van der Waals surface area contributed by atoms with Gasteiger partial charge in [0.1, 0.15) is 9.21 Å². The van der Waals surface area contributed by atoms with Gasteiger partial charge in [0.25, 0.3) is 0 Å². The average molecular weight is 310 g/mol. The highest BCUT2D eigenvalue weighted by molar-refractivity contribution is 9.11. The summed E-state index contributed by atoms with van der Waals surface area (Å²) in [5, 5.41) is 13.8. The molecule has 13 heavy (non-hydrogen) atoms. The highest BCUT2D eigenvalue weighted by Crippen LogP contribution is 2.38. The minimum Gasteiger partial charge on any atom is -0.390 e. The highest BCUT2D eigenvalue weighted by Gasteiger charge is 2.39. The molecule has 1 heterocycles. The molecule has 5 heteroatoms. The van der Waals surface area contributed by atoms with Crippen molar-refractivity contribution in [3.8, 4) is 0 Å². The van der Waals surface area contributed by atoms with Crippen LogP contribution in [-0.4, -0.2) is 20.5 Å². The molecule has 0 aliphatic heterocycles. The molecule has 1 aromatic rings. The molecule has 1 saturated carbocycles. The summed E-state index contributed by atoms with van der Waals surface area (Å²) in [6.45, 7) is 0.767. The van der Waals surface area contributed by atoms with Crippen LogP contribution in [0.1, 0.15) is 19.3 Å². The first-order valence-electron chi connectivity index (χ1n) is 4.20. The lowest BCUT2D eigenvalue weighted by Crippen LogP contribution is -2.12. The van der Waals surface area contributed by atoms with Gasteiger partial charge < -0.3 is 5.11 Å². The highest BCUT2D eigenvalue weighted by atomic mass is 79.9. The van der Waals surface area contributed by atoms with E-state index in [0.29, 0.717) is 0 Å². The van der Waals surface area contributed by atoms with Crippen LogP contribution in [0.5, 0.6) is 0 Å². The smallest absolute Gasteiger partial charge is 0.129 e. The Morgan fingerprint density at radius 2 is 2.23 bits per heavy atom. The molecular formula is C8H10Br2N2O. The van der Waals surface area contributed by atoms with Gasteiger partial charge in [-0.05, 0) is 51.1 Å². The molecule has 1 aliphatic carbocycles. The maximum absolute atomic E-state index is 9.62. The predicted molar refractivity (Wildman–Crippen MR) is 56.4 cm³/mol. The lowest BCUT2D eigenvalue weighted by Gasteiger charge is -2.07. The molecule has 0 amide bonds. The quantitative estimate of drug-likeness (QED) is 0.930. The predicted octanol–water partition coefficient (Wildman–Crippen LogP) is 2.32. The first kappa shape index (κ1) is 9.68. The first-order valence-corrected chi connectivity index (χ1v) is 5.79. The molecule has 1 aromatic heterocycles. The van der Waals surface area contributed by atoms with Crippen molar-refractivity contribution in [2.75, 3.05) is 0 Å².